The Morgan fingerprint density at radius 2 is 1.22 bits per heavy atom. The summed E-state index contributed by atoms with van der Waals surface area (Å²) in [5, 5.41) is 3.83. The summed E-state index contributed by atoms with van der Waals surface area (Å²) in [5.74, 6) is 0.786. The lowest BCUT2D eigenvalue weighted by molar-refractivity contribution is 0.0588. The van der Waals surface area contributed by atoms with Crippen LogP contribution in [0.1, 0.15) is 131 Å². The van der Waals surface area contributed by atoms with Crippen LogP contribution < -0.4 is 5.32 Å². The van der Waals surface area contributed by atoms with Crippen molar-refractivity contribution < 1.29 is 4.74 Å². The number of ether oxygens (including phenoxy) is 1. The van der Waals surface area contributed by atoms with E-state index in [9.17, 15) is 0 Å². The fourth-order valence-corrected chi connectivity index (χ4v) is 3.93. The predicted octanol–water partition coefficient (Wildman–Crippen LogP) is 7.90. The zero-order chi connectivity index (χ0) is 20.4. The summed E-state index contributed by atoms with van der Waals surface area (Å²) in [4.78, 5) is 0. The van der Waals surface area contributed by atoms with Crippen LogP contribution in [0.2, 0.25) is 0 Å². The molecule has 0 amide bonds. The molecule has 0 spiro atoms. The Morgan fingerprint density at radius 1 is 0.741 bits per heavy atom. The highest BCUT2D eigenvalue weighted by Crippen LogP contribution is 2.29. The van der Waals surface area contributed by atoms with E-state index in [1.807, 2.05) is 0 Å². The van der Waals surface area contributed by atoms with Crippen LogP contribution in [0.15, 0.2) is 0 Å². The largest absolute Gasteiger partial charge is 0.377 e. The van der Waals surface area contributed by atoms with E-state index >= 15 is 0 Å². The second-order valence-corrected chi connectivity index (χ2v) is 9.19. The summed E-state index contributed by atoms with van der Waals surface area (Å²) in [6.45, 7) is 15.6. The third-order valence-electron chi connectivity index (χ3n) is 6.24. The van der Waals surface area contributed by atoms with Crippen LogP contribution in [0.3, 0.4) is 0 Å². The normalized spacial score (nSPS) is 14.4. The minimum absolute atomic E-state index is 0.215. The smallest absolute Gasteiger partial charge is 0.0594 e. The first-order valence-corrected chi connectivity index (χ1v) is 12.3. The van der Waals surface area contributed by atoms with Crippen LogP contribution in [-0.4, -0.2) is 24.8 Å². The Balaban J connectivity index is 4.31. The van der Waals surface area contributed by atoms with E-state index in [0.29, 0.717) is 6.10 Å². The summed E-state index contributed by atoms with van der Waals surface area (Å²) < 4.78 is 5.87. The molecule has 1 N–H and O–H groups in total. The van der Waals surface area contributed by atoms with Gasteiger partial charge in [-0.3, -0.25) is 0 Å². The molecular formula is C25H53NO. The number of rotatable bonds is 20. The van der Waals surface area contributed by atoms with Crippen LogP contribution in [0.4, 0.5) is 0 Å². The molecule has 0 bridgehead atoms. The number of unbranched alkanes of at least 4 members (excludes halogenated alkanes) is 9. The molecule has 164 valence electrons. The van der Waals surface area contributed by atoms with E-state index in [1.165, 1.54) is 83.5 Å². The van der Waals surface area contributed by atoms with E-state index < -0.39 is 0 Å². The van der Waals surface area contributed by atoms with Gasteiger partial charge < -0.3 is 10.1 Å². The zero-order valence-electron chi connectivity index (χ0n) is 19.9. The summed E-state index contributed by atoms with van der Waals surface area (Å²) in [6.07, 6.45) is 19.6. The molecule has 0 rings (SSSR count). The van der Waals surface area contributed by atoms with Gasteiger partial charge in [0.2, 0.25) is 0 Å². The lowest BCUT2D eigenvalue weighted by Gasteiger charge is -2.36. The van der Waals surface area contributed by atoms with Crippen molar-refractivity contribution in [3.8, 4) is 0 Å². The number of nitrogens with one attached hydrogen (secondary N) is 1. The molecule has 2 atom stereocenters. The van der Waals surface area contributed by atoms with Crippen molar-refractivity contribution in [3.05, 3.63) is 0 Å². The van der Waals surface area contributed by atoms with Crippen LogP contribution >= 0.6 is 0 Å². The first kappa shape index (κ1) is 26.9. The molecule has 0 aliphatic carbocycles. The summed E-state index contributed by atoms with van der Waals surface area (Å²) in [5.41, 5.74) is 0.215. The fraction of sp³-hybridized carbons (Fsp3) is 1.00. The molecule has 0 saturated carbocycles. The van der Waals surface area contributed by atoms with E-state index in [4.69, 9.17) is 4.74 Å². The van der Waals surface area contributed by atoms with Crippen molar-refractivity contribution in [3.63, 3.8) is 0 Å². The maximum Gasteiger partial charge on any atom is 0.0594 e. The SMILES string of the molecule is CCCCCCCCC(CCCCCCC)C(C)(C)NCCOC(C)CC. The van der Waals surface area contributed by atoms with Gasteiger partial charge in [-0.1, -0.05) is 91.4 Å². The zero-order valence-corrected chi connectivity index (χ0v) is 19.9. The molecule has 27 heavy (non-hydrogen) atoms. The molecule has 0 saturated heterocycles. The average molecular weight is 384 g/mol. The van der Waals surface area contributed by atoms with Crippen molar-refractivity contribution in [2.45, 2.75) is 143 Å². The van der Waals surface area contributed by atoms with Crippen molar-refractivity contribution in [2.75, 3.05) is 13.2 Å². The van der Waals surface area contributed by atoms with Gasteiger partial charge in [0.1, 0.15) is 0 Å². The molecule has 2 nitrogen and oxygen atoms in total. The Kier molecular flexibility index (Phi) is 17.9. The van der Waals surface area contributed by atoms with Gasteiger partial charge in [0.25, 0.3) is 0 Å². The van der Waals surface area contributed by atoms with Gasteiger partial charge in [-0.2, -0.15) is 0 Å². The molecule has 2 heteroatoms. The maximum absolute atomic E-state index is 5.87. The average Bonchev–Trinajstić information content (AvgIpc) is 2.65. The highest BCUT2D eigenvalue weighted by Gasteiger charge is 2.27. The van der Waals surface area contributed by atoms with Crippen LogP contribution in [0.5, 0.6) is 0 Å². The highest BCUT2D eigenvalue weighted by atomic mass is 16.5. The molecule has 2 unspecified atom stereocenters. The van der Waals surface area contributed by atoms with Gasteiger partial charge >= 0.3 is 0 Å². The van der Waals surface area contributed by atoms with Crippen LogP contribution in [0, 0.1) is 5.92 Å². The lowest BCUT2D eigenvalue weighted by Crippen LogP contribution is -2.47. The van der Waals surface area contributed by atoms with Gasteiger partial charge in [-0.05, 0) is 46.0 Å². The summed E-state index contributed by atoms with van der Waals surface area (Å²) in [6, 6.07) is 0. The molecule has 0 aromatic rings. The van der Waals surface area contributed by atoms with Crippen LogP contribution in [0.25, 0.3) is 0 Å². The van der Waals surface area contributed by atoms with E-state index in [-0.39, 0.29) is 5.54 Å². The summed E-state index contributed by atoms with van der Waals surface area (Å²) >= 11 is 0. The first-order valence-electron chi connectivity index (χ1n) is 12.3. The van der Waals surface area contributed by atoms with Gasteiger partial charge in [-0.25, -0.2) is 0 Å². The van der Waals surface area contributed by atoms with E-state index in [1.54, 1.807) is 0 Å². The number of hydrogen-bond acceptors (Lipinski definition) is 2. The minimum Gasteiger partial charge on any atom is -0.377 e. The van der Waals surface area contributed by atoms with Gasteiger partial charge in [0.05, 0.1) is 12.7 Å². The second kappa shape index (κ2) is 18.0. The van der Waals surface area contributed by atoms with Crippen molar-refractivity contribution in [1.82, 2.24) is 5.32 Å². The standard InChI is InChI=1S/C25H53NO/c1-7-10-12-14-16-18-20-24(19-17-15-13-11-8-2)25(5,6)26-21-22-27-23(4)9-3/h23-24,26H,7-22H2,1-6H3. The predicted molar refractivity (Wildman–Crippen MR) is 123 cm³/mol. The Labute approximate surface area is 172 Å². The topological polar surface area (TPSA) is 21.3 Å². The molecule has 0 aliphatic rings. The molecular weight excluding hydrogens is 330 g/mol. The van der Waals surface area contributed by atoms with Crippen LogP contribution in [-0.2, 0) is 4.74 Å². The maximum atomic E-state index is 5.87. The molecule has 0 aromatic heterocycles. The molecule has 0 aliphatic heterocycles. The fourth-order valence-electron chi connectivity index (χ4n) is 3.93. The molecule has 0 aromatic carbocycles. The van der Waals surface area contributed by atoms with Gasteiger partial charge in [0, 0.05) is 12.1 Å². The Hall–Kier alpha value is -0.0800. The number of hydrogen-bond donors (Lipinski definition) is 1. The van der Waals surface area contributed by atoms with Gasteiger partial charge in [0.15, 0.2) is 0 Å². The van der Waals surface area contributed by atoms with E-state index in [0.717, 1.165) is 25.5 Å². The van der Waals surface area contributed by atoms with Crippen molar-refractivity contribution >= 4 is 0 Å². The quantitative estimate of drug-likeness (QED) is 0.216. The van der Waals surface area contributed by atoms with Crippen molar-refractivity contribution in [1.29, 1.82) is 0 Å². The monoisotopic (exact) mass is 383 g/mol. The first-order chi connectivity index (χ1) is 13.0. The third kappa shape index (κ3) is 15.5. The Morgan fingerprint density at radius 3 is 1.70 bits per heavy atom. The third-order valence-corrected chi connectivity index (χ3v) is 6.24. The van der Waals surface area contributed by atoms with Crippen molar-refractivity contribution in [2.24, 2.45) is 5.92 Å². The minimum atomic E-state index is 0.215. The molecule has 0 radical (unpaired) electrons. The summed E-state index contributed by atoms with van der Waals surface area (Å²) in [7, 11) is 0. The highest BCUT2D eigenvalue weighted by molar-refractivity contribution is 4.86. The van der Waals surface area contributed by atoms with E-state index in [2.05, 4.69) is 46.9 Å². The molecule has 0 heterocycles. The Bertz CT molecular complexity index is 303. The second-order valence-electron chi connectivity index (χ2n) is 9.19. The van der Waals surface area contributed by atoms with Gasteiger partial charge in [-0.15, -0.1) is 0 Å². The lowest BCUT2D eigenvalue weighted by atomic mass is 9.79. The molecule has 0 fully saturated rings.